The third kappa shape index (κ3) is 2.63. The molecule has 1 fully saturated rings. The Morgan fingerprint density at radius 2 is 1.89 bits per heavy atom. The molecule has 1 aromatic heterocycles. The third-order valence-corrected chi connectivity index (χ3v) is 3.38. The van der Waals surface area contributed by atoms with E-state index >= 15 is 0 Å². The van der Waals surface area contributed by atoms with Crippen LogP contribution in [0.5, 0.6) is 0 Å². The number of rotatable bonds is 4. The zero-order valence-corrected chi connectivity index (χ0v) is 11.0. The lowest BCUT2D eigenvalue weighted by Crippen LogP contribution is -2.27. The van der Waals surface area contributed by atoms with Crippen LogP contribution in [0, 0.1) is 0 Å². The topological polar surface area (TPSA) is 54.8 Å². The predicted molar refractivity (Wildman–Crippen MR) is 68.7 cm³/mol. The van der Waals surface area contributed by atoms with E-state index in [0.717, 1.165) is 18.8 Å². The van der Waals surface area contributed by atoms with Crippen molar-refractivity contribution in [2.24, 2.45) is 0 Å². The number of aliphatic hydroxyl groups is 1. The van der Waals surface area contributed by atoms with Gasteiger partial charge in [-0.25, -0.2) is 0 Å². The Morgan fingerprint density at radius 1 is 1.28 bits per heavy atom. The van der Waals surface area contributed by atoms with Crippen LogP contribution in [-0.2, 0) is 9.47 Å². The summed E-state index contributed by atoms with van der Waals surface area (Å²) in [5.74, 6) is 0. The molecule has 0 spiro atoms. The Bertz CT molecular complexity index is 368. The van der Waals surface area contributed by atoms with Crippen LogP contribution in [0.3, 0.4) is 0 Å². The van der Waals surface area contributed by atoms with Gasteiger partial charge in [0.15, 0.2) is 0 Å². The Balaban J connectivity index is 2.08. The van der Waals surface area contributed by atoms with Gasteiger partial charge in [0.2, 0.25) is 0 Å². The summed E-state index contributed by atoms with van der Waals surface area (Å²) < 4.78 is 10.8. The molecule has 100 valence electrons. The fourth-order valence-corrected chi connectivity index (χ4v) is 2.24. The minimum absolute atomic E-state index is 0.0893. The molecule has 18 heavy (non-hydrogen) atoms. The van der Waals surface area contributed by atoms with Gasteiger partial charge in [-0.2, -0.15) is 0 Å². The molecule has 0 saturated carbocycles. The number of ether oxygens (including phenoxy) is 2. The summed E-state index contributed by atoms with van der Waals surface area (Å²) in [4.78, 5) is 6.43. The van der Waals surface area contributed by atoms with Gasteiger partial charge in [-0.15, -0.1) is 0 Å². The zero-order valence-electron chi connectivity index (χ0n) is 11.0. The van der Waals surface area contributed by atoms with E-state index in [2.05, 4.69) is 9.88 Å². The molecule has 1 saturated heterocycles. The van der Waals surface area contributed by atoms with Crippen molar-refractivity contribution in [3.8, 4) is 0 Å². The molecule has 5 heteroatoms. The molecular formula is C13H20N2O3. The van der Waals surface area contributed by atoms with Crippen molar-refractivity contribution in [1.82, 2.24) is 4.98 Å². The second kappa shape index (κ2) is 5.65. The summed E-state index contributed by atoms with van der Waals surface area (Å²) in [5, 5.41) is 9.42. The number of nitrogens with zero attached hydrogens (tertiary/aromatic N) is 2. The summed E-state index contributed by atoms with van der Waals surface area (Å²) in [7, 11) is 3.41. The van der Waals surface area contributed by atoms with Crippen LogP contribution in [0.1, 0.15) is 18.7 Å². The van der Waals surface area contributed by atoms with Crippen LogP contribution in [0.4, 0.5) is 5.69 Å². The smallest absolute Gasteiger partial charge is 0.102 e. The first-order valence-electron chi connectivity index (χ1n) is 6.10. The van der Waals surface area contributed by atoms with Crippen LogP contribution in [0.25, 0.3) is 0 Å². The van der Waals surface area contributed by atoms with E-state index in [1.165, 1.54) is 0 Å². The van der Waals surface area contributed by atoms with Gasteiger partial charge in [0, 0.05) is 27.3 Å². The van der Waals surface area contributed by atoms with Crippen molar-refractivity contribution in [2.75, 3.05) is 32.2 Å². The Labute approximate surface area is 107 Å². The molecule has 1 N–H and O–H groups in total. The lowest BCUT2D eigenvalue weighted by molar-refractivity contribution is -0.00461. The molecule has 0 aromatic carbocycles. The van der Waals surface area contributed by atoms with Crippen LogP contribution in [0.15, 0.2) is 18.3 Å². The highest BCUT2D eigenvalue weighted by Gasteiger charge is 2.33. The third-order valence-electron chi connectivity index (χ3n) is 3.38. The van der Waals surface area contributed by atoms with Gasteiger partial charge >= 0.3 is 0 Å². The lowest BCUT2D eigenvalue weighted by Gasteiger charge is -2.18. The molecule has 5 nitrogen and oxygen atoms in total. The van der Waals surface area contributed by atoms with Crippen molar-refractivity contribution in [3.05, 3.63) is 24.0 Å². The first kappa shape index (κ1) is 13.3. The van der Waals surface area contributed by atoms with Gasteiger partial charge < -0.3 is 19.5 Å². The minimum Gasteiger partial charge on any atom is -0.387 e. The molecular weight excluding hydrogens is 232 g/mol. The number of pyridine rings is 1. The molecule has 0 radical (unpaired) electrons. The molecule has 0 aliphatic carbocycles. The molecule has 2 heterocycles. The van der Waals surface area contributed by atoms with Crippen molar-refractivity contribution in [2.45, 2.75) is 25.2 Å². The maximum atomic E-state index is 9.42. The Hall–Kier alpha value is -1.17. The highest BCUT2D eigenvalue weighted by Crippen LogP contribution is 2.23. The molecule has 1 aliphatic heterocycles. The van der Waals surface area contributed by atoms with Crippen molar-refractivity contribution < 1.29 is 14.6 Å². The summed E-state index contributed by atoms with van der Waals surface area (Å²) in [6.07, 6.45) is 1.43. The van der Waals surface area contributed by atoms with Crippen LogP contribution in [0.2, 0.25) is 0 Å². The normalized spacial score (nSPS) is 25.4. The zero-order chi connectivity index (χ0) is 13.1. The van der Waals surface area contributed by atoms with Gasteiger partial charge in [-0.05, 0) is 19.1 Å². The fourth-order valence-electron chi connectivity index (χ4n) is 2.24. The second-order valence-electron chi connectivity index (χ2n) is 4.57. The van der Waals surface area contributed by atoms with Gasteiger partial charge in [0.05, 0.1) is 23.7 Å². The van der Waals surface area contributed by atoms with E-state index in [0.29, 0.717) is 5.69 Å². The Morgan fingerprint density at radius 3 is 2.28 bits per heavy atom. The van der Waals surface area contributed by atoms with Crippen LogP contribution < -0.4 is 4.90 Å². The number of aliphatic hydroxyl groups excluding tert-OH is 1. The summed E-state index contributed by atoms with van der Waals surface area (Å²) in [5.41, 5.74) is 1.71. The molecule has 0 bridgehead atoms. The number of anilines is 1. The molecule has 1 aliphatic rings. The number of hydrogen-bond acceptors (Lipinski definition) is 5. The molecule has 2 rings (SSSR count). The lowest BCUT2D eigenvalue weighted by atomic mass is 10.2. The highest BCUT2D eigenvalue weighted by atomic mass is 16.5. The van der Waals surface area contributed by atoms with E-state index in [4.69, 9.17) is 9.47 Å². The maximum absolute atomic E-state index is 9.42. The van der Waals surface area contributed by atoms with Crippen molar-refractivity contribution in [1.29, 1.82) is 0 Å². The average Bonchev–Trinajstić information content (AvgIpc) is 2.82. The first-order chi connectivity index (χ1) is 8.65. The fraction of sp³-hybridized carbons (Fsp3) is 0.615. The molecule has 0 amide bonds. The first-order valence-corrected chi connectivity index (χ1v) is 6.10. The molecule has 1 aromatic rings. The average molecular weight is 252 g/mol. The van der Waals surface area contributed by atoms with Gasteiger partial charge in [0.25, 0.3) is 0 Å². The number of hydrogen-bond donors (Lipinski definition) is 1. The molecule has 3 atom stereocenters. The van der Waals surface area contributed by atoms with E-state index in [1.54, 1.807) is 27.3 Å². The summed E-state index contributed by atoms with van der Waals surface area (Å²) in [6.45, 7) is 3.30. The van der Waals surface area contributed by atoms with Gasteiger partial charge in [-0.1, -0.05) is 0 Å². The van der Waals surface area contributed by atoms with Crippen molar-refractivity contribution in [3.63, 3.8) is 0 Å². The largest absolute Gasteiger partial charge is 0.387 e. The molecule has 2 unspecified atom stereocenters. The summed E-state index contributed by atoms with van der Waals surface area (Å²) >= 11 is 0. The predicted octanol–water partition coefficient (Wildman–Crippen LogP) is 0.985. The SMILES string of the molecule is COC1CN(c2ccc([C@@H](C)O)nc2)CC1OC. The van der Waals surface area contributed by atoms with E-state index in [1.807, 2.05) is 12.1 Å². The monoisotopic (exact) mass is 252 g/mol. The van der Waals surface area contributed by atoms with E-state index < -0.39 is 6.10 Å². The minimum atomic E-state index is -0.531. The van der Waals surface area contributed by atoms with Gasteiger partial charge in [0.1, 0.15) is 12.2 Å². The van der Waals surface area contributed by atoms with E-state index in [9.17, 15) is 5.11 Å². The van der Waals surface area contributed by atoms with Crippen LogP contribution in [-0.4, -0.2) is 49.6 Å². The second-order valence-corrected chi connectivity index (χ2v) is 4.57. The standard InChI is InChI=1S/C13H20N2O3/c1-9(16)11-5-4-10(6-14-11)15-7-12(17-2)13(8-15)18-3/h4-6,9,12-13,16H,7-8H2,1-3H3/t9-,12?,13?/m1/s1. The summed E-state index contributed by atoms with van der Waals surface area (Å²) in [6, 6.07) is 3.82. The van der Waals surface area contributed by atoms with Gasteiger partial charge in [-0.3, -0.25) is 4.98 Å². The van der Waals surface area contributed by atoms with Crippen molar-refractivity contribution >= 4 is 5.69 Å². The highest BCUT2D eigenvalue weighted by molar-refractivity contribution is 5.46. The van der Waals surface area contributed by atoms with E-state index in [-0.39, 0.29) is 12.2 Å². The number of aromatic nitrogens is 1. The Kier molecular flexibility index (Phi) is 4.16. The van der Waals surface area contributed by atoms with Crippen LogP contribution >= 0.6 is 0 Å². The quantitative estimate of drug-likeness (QED) is 0.866. The number of methoxy groups -OCH3 is 2. The maximum Gasteiger partial charge on any atom is 0.102 e.